The standard InChI is InChI=1S/C19H22BrN3O4S/c1-2-13-28(26,27)23-17-9-7-16(8-10-17)22-18(24)11-12-21-19(25)14-3-5-15(20)6-4-14/h3-10,23H,2,11-13H2,1H3,(H,21,25)(H,22,24). The molecular formula is C19H22BrN3O4S. The van der Waals surface area contributed by atoms with E-state index in [2.05, 4.69) is 31.3 Å². The highest BCUT2D eigenvalue weighted by atomic mass is 79.9. The fourth-order valence-corrected chi connectivity index (χ4v) is 3.74. The van der Waals surface area contributed by atoms with Gasteiger partial charge in [0.15, 0.2) is 0 Å². The highest BCUT2D eigenvalue weighted by Gasteiger charge is 2.09. The molecule has 0 spiro atoms. The molecule has 0 atom stereocenters. The molecule has 2 rings (SSSR count). The number of anilines is 2. The molecule has 9 heteroatoms. The second-order valence-electron chi connectivity index (χ2n) is 6.06. The summed E-state index contributed by atoms with van der Waals surface area (Å²) in [7, 11) is -3.35. The Balaban J connectivity index is 1.78. The van der Waals surface area contributed by atoms with E-state index in [9.17, 15) is 18.0 Å². The van der Waals surface area contributed by atoms with Gasteiger partial charge in [0.25, 0.3) is 5.91 Å². The third kappa shape index (κ3) is 7.32. The molecule has 0 aliphatic carbocycles. The van der Waals surface area contributed by atoms with Gasteiger partial charge in [0.1, 0.15) is 0 Å². The Morgan fingerprint density at radius 2 is 1.57 bits per heavy atom. The topological polar surface area (TPSA) is 104 Å². The average molecular weight is 468 g/mol. The van der Waals surface area contributed by atoms with Crippen LogP contribution in [0.1, 0.15) is 30.1 Å². The summed E-state index contributed by atoms with van der Waals surface area (Å²) in [6.45, 7) is 1.99. The number of carbonyl (C=O) groups excluding carboxylic acids is 2. The first-order valence-corrected chi connectivity index (χ1v) is 11.2. The number of hydrogen-bond donors (Lipinski definition) is 3. The predicted molar refractivity (Wildman–Crippen MR) is 114 cm³/mol. The van der Waals surface area contributed by atoms with Crippen LogP contribution >= 0.6 is 15.9 Å². The van der Waals surface area contributed by atoms with E-state index >= 15 is 0 Å². The Kier molecular flexibility index (Phi) is 8.01. The fraction of sp³-hybridized carbons (Fsp3) is 0.263. The third-order valence-electron chi connectivity index (χ3n) is 3.66. The summed E-state index contributed by atoms with van der Waals surface area (Å²) in [6, 6.07) is 13.3. The molecule has 0 radical (unpaired) electrons. The molecule has 0 aliphatic rings. The van der Waals surface area contributed by atoms with Crippen LogP contribution in [0.3, 0.4) is 0 Å². The van der Waals surface area contributed by atoms with Crippen molar-refractivity contribution in [3.05, 3.63) is 58.6 Å². The maximum atomic E-state index is 12.0. The van der Waals surface area contributed by atoms with Gasteiger partial charge in [0.05, 0.1) is 5.75 Å². The molecule has 28 heavy (non-hydrogen) atoms. The van der Waals surface area contributed by atoms with E-state index in [1.54, 1.807) is 55.5 Å². The quantitative estimate of drug-likeness (QED) is 0.525. The zero-order valence-electron chi connectivity index (χ0n) is 15.4. The van der Waals surface area contributed by atoms with Gasteiger partial charge in [-0.3, -0.25) is 14.3 Å². The molecule has 0 heterocycles. The molecule has 7 nitrogen and oxygen atoms in total. The molecule has 150 valence electrons. The van der Waals surface area contributed by atoms with Crippen LogP contribution in [0.25, 0.3) is 0 Å². The fourth-order valence-electron chi connectivity index (χ4n) is 2.34. The number of rotatable bonds is 9. The molecule has 0 aliphatic heterocycles. The van der Waals surface area contributed by atoms with Gasteiger partial charge >= 0.3 is 0 Å². The summed E-state index contributed by atoms with van der Waals surface area (Å²) >= 11 is 3.30. The van der Waals surface area contributed by atoms with Crippen LogP contribution in [0.4, 0.5) is 11.4 Å². The lowest BCUT2D eigenvalue weighted by atomic mass is 10.2. The van der Waals surface area contributed by atoms with Crippen molar-refractivity contribution in [3.63, 3.8) is 0 Å². The Morgan fingerprint density at radius 3 is 2.18 bits per heavy atom. The Bertz CT molecular complexity index is 913. The lowest BCUT2D eigenvalue weighted by Gasteiger charge is -2.09. The number of sulfonamides is 1. The lowest BCUT2D eigenvalue weighted by Crippen LogP contribution is -2.27. The van der Waals surface area contributed by atoms with Gasteiger partial charge in [0, 0.05) is 34.4 Å². The molecule has 0 fully saturated rings. The number of carbonyl (C=O) groups is 2. The second kappa shape index (κ2) is 10.2. The first-order valence-electron chi connectivity index (χ1n) is 8.73. The molecule has 0 unspecified atom stereocenters. The number of benzene rings is 2. The van der Waals surface area contributed by atoms with Gasteiger partial charge in [-0.2, -0.15) is 0 Å². The zero-order chi connectivity index (χ0) is 20.6. The number of amides is 2. The van der Waals surface area contributed by atoms with Crippen LogP contribution in [0, 0.1) is 0 Å². The van der Waals surface area contributed by atoms with Crippen molar-refractivity contribution in [3.8, 4) is 0 Å². The Morgan fingerprint density at radius 1 is 0.964 bits per heavy atom. The van der Waals surface area contributed by atoms with E-state index in [1.807, 2.05) is 0 Å². The zero-order valence-corrected chi connectivity index (χ0v) is 17.8. The van der Waals surface area contributed by atoms with Crippen molar-refractivity contribution in [1.29, 1.82) is 0 Å². The first kappa shape index (κ1) is 21.9. The van der Waals surface area contributed by atoms with Crippen LogP contribution in [0.15, 0.2) is 53.0 Å². The van der Waals surface area contributed by atoms with Gasteiger partial charge in [-0.1, -0.05) is 22.9 Å². The first-order chi connectivity index (χ1) is 13.3. The molecule has 0 bridgehead atoms. The molecular weight excluding hydrogens is 446 g/mol. The summed E-state index contributed by atoms with van der Waals surface area (Å²) in [6.07, 6.45) is 0.648. The highest BCUT2D eigenvalue weighted by molar-refractivity contribution is 9.10. The Labute approximate surface area is 173 Å². The van der Waals surface area contributed by atoms with Gasteiger partial charge in [-0.25, -0.2) is 8.42 Å². The van der Waals surface area contributed by atoms with Gasteiger partial charge in [-0.05, 0) is 55.0 Å². The van der Waals surface area contributed by atoms with Crippen molar-refractivity contribution in [2.45, 2.75) is 19.8 Å². The van der Waals surface area contributed by atoms with Crippen molar-refractivity contribution in [2.24, 2.45) is 0 Å². The second-order valence-corrected chi connectivity index (χ2v) is 8.82. The maximum Gasteiger partial charge on any atom is 0.251 e. The summed E-state index contributed by atoms with van der Waals surface area (Å²) in [5, 5.41) is 5.39. The minimum atomic E-state index is -3.35. The summed E-state index contributed by atoms with van der Waals surface area (Å²) < 4.78 is 26.8. The number of halogens is 1. The Hall–Kier alpha value is -2.39. The molecule has 3 N–H and O–H groups in total. The van der Waals surface area contributed by atoms with Crippen LogP contribution in [0.2, 0.25) is 0 Å². The minimum Gasteiger partial charge on any atom is -0.352 e. The molecule has 0 saturated heterocycles. The molecule has 2 aromatic carbocycles. The van der Waals surface area contributed by atoms with E-state index < -0.39 is 10.0 Å². The molecule has 2 aromatic rings. The van der Waals surface area contributed by atoms with Crippen molar-refractivity contribution >= 4 is 49.1 Å². The van der Waals surface area contributed by atoms with Crippen molar-refractivity contribution in [1.82, 2.24) is 5.32 Å². The summed E-state index contributed by atoms with van der Waals surface area (Å²) in [4.78, 5) is 24.0. The number of nitrogens with one attached hydrogen (secondary N) is 3. The van der Waals surface area contributed by atoms with Crippen LogP contribution < -0.4 is 15.4 Å². The predicted octanol–water partition coefficient (Wildman–Crippen LogP) is 3.36. The highest BCUT2D eigenvalue weighted by Crippen LogP contribution is 2.15. The van der Waals surface area contributed by atoms with Gasteiger partial charge in [-0.15, -0.1) is 0 Å². The average Bonchev–Trinajstić information content (AvgIpc) is 2.63. The summed E-state index contributed by atoms with van der Waals surface area (Å²) in [5.41, 5.74) is 1.50. The van der Waals surface area contributed by atoms with Crippen LogP contribution in [0.5, 0.6) is 0 Å². The van der Waals surface area contributed by atoms with Crippen molar-refractivity contribution in [2.75, 3.05) is 22.3 Å². The SMILES string of the molecule is CCCS(=O)(=O)Nc1ccc(NC(=O)CCNC(=O)c2ccc(Br)cc2)cc1. The van der Waals surface area contributed by atoms with E-state index in [0.717, 1.165) is 4.47 Å². The van der Waals surface area contributed by atoms with Gasteiger partial charge < -0.3 is 10.6 Å². The molecule has 2 amide bonds. The smallest absolute Gasteiger partial charge is 0.251 e. The van der Waals surface area contributed by atoms with Crippen LogP contribution in [-0.4, -0.2) is 32.5 Å². The monoisotopic (exact) mass is 467 g/mol. The molecule has 0 aromatic heterocycles. The van der Waals surface area contributed by atoms with E-state index in [1.165, 1.54) is 0 Å². The number of hydrogen-bond acceptors (Lipinski definition) is 4. The third-order valence-corrected chi connectivity index (χ3v) is 5.68. The minimum absolute atomic E-state index is 0.0530. The van der Waals surface area contributed by atoms with E-state index in [0.29, 0.717) is 23.4 Å². The van der Waals surface area contributed by atoms with Crippen molar-refractivity contribution < 1.29 is 18.0 Å². The maximum absolute atomic E-state index is 12.0. The lowest BCUT2D eigenvalue weighted by molar-refractivity contribution is -0.116. The van der Waals surface area contributed by atoms with E-state index in [4.69, 9.17) is 0 Å². The van der Waals surface area contributed by atoms with E-state index in [-0.39, 0.29) is 30.5 Å². The summed E-state index contributed by atoms with van der Waals surface area (Å²) in [5.74, 6) is -0.447. The van der Waals surface area contributed by atoms with Crippen LogP contribution in [-0.2, 0) is 14.8 Å². The normalized spacial score (nSPS) is 10.9. The molecule has 0 saturated carbocycles. The van der Waals surface area contributed by atoms with Gasteiger partial charge in [0.2, 0.25) is 15.9 Å². The largest absolute Gasteiger partial charge is 0.352 e.